The Labute approximate surface area is 111 Å². The van der Waals surface area contributed by atoms with E-state index in [4.69, 9.17) is 5.53 Å². The SMILES string of the molecule is C=C(C[C@H](CCCC(C)=O)N=[N+]=[N-])C[Si](C)(C)C. The second-order valence-electron chi connectivity index (χ2n) is 6.14. The van der Waals surface area contributed by atoms with Crippen LogP contribution in [0.1, 0.15) is 32.6 Å². The van der Waals surface area contributed by atoms with Gasteiger partial charge in [0.15, 0.2) is 0 Å². The van der Waals surface area contributed by atoms with Crippen molar-refractivity contribution in [3.8, 4) is 0 Å². The maximum atomic E-state index is 10.9. The van der Waals surface area contributed by atoms with Gasteiger partial charge in [0.05, 0.1) is 0 Å². The summed E-state index contributed by atoms with van der Waals surface area (Å²) in [7, 11) is -1.15. The van der Waals surface area contributed by atoms with Crippen LogP contribution < -0.4 is 0 Å². The quantitative estimate of drug-likeness (QED) is 0.196. The van der Waals surface area contributed by atoms with Crippen LogP contribution in [0.3, 0.4) is 0 Å². The van der Waals surface area contributed by atoms with Crippen LogP contribution in [-0.4, -0.2) is 19.9 Å². The van der Waals surface area contributed by atoms with Crippen LogP contribution in [0.2, 0.25) is 25.7 Å². The zero-order chi connectivity index (χ0) is 14.2. The molecule has 0 aromatic heterocycles. The molecule has 18 heavy (non-hydrogen) atoms. The van der Waals surface area contributed by atoms with Gasteiger partial charge in [-0.2, -0.15) is 0 Å². The minimum Gasteiger partial charge on any atom is -0.300 e. The molecule has 0 aromatic carbocycles. The van der Waals surface area contributed by atoms with Crippen molar-refractivity contribution in [3.05, 3.63) is 22.6 Å². The fourth-order valence-electron chi connectivity index (χ4n) is 2.02. The molecule has 0 aromatic rings. The standard InChI is InChI=1S/C13H25N3OSi/c1-11(10-18(3,4)5)9-13(15-16-14)8-6-7-12(2)17/h13H,1,6-10H2,2-5H3/t13-/m0/s1. The van der Waals surface area contributed by atoms with Crippen molar-refractivity contribution in [1.82, 2.24) is 0 Å². The first-order valence-electron chi connectivity index (χ1n) is 6.45. The second kappa shape index (κ2) is 8.11. The molecule has 0 bridgehead atoms. The number of hydrogen-bond donors (Lipinski definition) is 0. The molecule has 0 saturated carbocycles. The van der Waals surface area contributed by atoms with Crippen LogP contribution in [0.5, 0.6) is 0 Å². The van der Waals surface area contributed by atoms with Crippen molar-refractivity contribution in [2.75, 3.05) is 0 Å². The lowest BCUT2D eigenvalue weighted by atomic mass is 10.0. The van der Waals surface area contributed by atoms with Crippen molar-refractivity contribution in [1.29, 1.82) is 0 Å². The van der Waals surface area contributed by atoms with E-state index in [0.717, 1.165) is 25.3 Å². The molecule has 0 heterocycles. The highest BCUT2D eigenvalue weighted by Gasteiger charge is 2.17. The number of Topliss-reactive ketones (excluding diaryl/α,β-unsaturated/α-hetero) is 1. The van der Waals surface area contributed by atoms with Gasteiger partial charge in [0.25, 0.3) is 0 Å². The van der Waals surface area contributed by atoms with E-state index in [9.17, 15) is 4.79 Å². The summed E-state index contributed by atoms with van der Waals surface area (Å²) in [5.41, 5.74) is 9.74. The molecular formula is C13H25N3OSi. The average molecular weight is 267 g/mol. The van der Waals surface area contributed by atoms with Crippen LogP contribution in [0.15, 0.2) is 17.3 Å². The summed E-state index contributed by atoms with van der Waals surface area (Å²) in [5.74, 6) is 0.190. The zero-order valence-corrected chi connectivity index (χ0v) is 13.1. The van der Waals surface area contributed by atoms with Crippen LogP contribution in [0, 0.1) is 0 Å². The molecule has 4 nitrogen and oxygen atoms in total. The molecule has 0 rings (SSSR count). The highest BCUT2D eigenvalue weighted by atomic mass is 28.3. The third-order valence-electron chi connectivity index (χ3n) is 2.59. The van der Waals surface area contributed by atoms with Crippen molar-refractivity contribution < 1.29 is 4.79 Å². The lowest BCUT2D eigenvalue weighted by Crippen LogP contribution is -2.21. The molecular weight excluding hydrogens is 242 g/mol. The summed E-state index contributed by atoms with van der Waals surface area (Å²) in [6, 6.07) is 1.02. The first-order chi connectivity index (χ1) is 8.24. The molecule has 0 unspecified atom stereocenters. The Morgan fingerprint density at radius 1 is 1.44 bits per heavy atom. The Morgan fingerprint density at radius 3 is 2.50 bits per heavy atom. The third-order valence-corrected chi connectivity index (χ3v) is 4.15. The molecule has 0 aliphatic heterocycles. The summed E-state index contributed by atoms with van der Waals surface area (Å²) >= 11 is 0. The summed E-state index contributed by atoms with van der Waals surface area (Å²) in [4.78, 5) is 13.8. The Morgan fingerprint density at radius 2 is 2.06 bits per heavy atom. The molecule has 0 spiro atoms. The highest BCUT2D eigenvalue weighted by Crippen LogP contribution is 2.22. The van der Waals surface area contributed by atoms with Crippen molar-refractivity contribution in [2.24, 2.45) is 5.11 Å². The normalized spacial score (nSPS) is 12.7. The summed E-state index contributed by atoms with van der Waals surface area (Å²) < 4.78 is 0. The van der Waals surface area contributed by atoms with Gasteiger partial charge in [-0.3, -0.25) is 0 Å². The van der Waals surface area contributed by atoms with E-state index >= 15 is 0 Å². The van der Waals surface area contributed by atoms with Gasteiger partial charge in [0.2, 0.25) is 0 Å². The molecule has 0 radical (unpaired) electrons. The van der Waals surface area contributed by atoms with Crippen LogP contribution in [0.25, 0.3) is 10.4 Å². The maximum absolute atomic E-state index is 10.9. The van der Waals surface area contributed by atoms with Gasteiger partial charge in [-0.1, -0.05) is 30.3 Å². The number of carbonyl (C=O) groups excluding carboxylic acids is 1. The summed E-state index contributed by atoms with van der Waals surface area (Å²) in [6.45, 7) is 12.6. The van der Waals surface area contributed by atoms with Gasteiger partial charge < -0.3 is 4.79 Å². The van der Waals surface area contributed by atoms with Gasteiger partial charge in [-0.15, -0.1) is 6.58 Å². The molecule has 102 valence electrons. The number of rotatable bonds is 9. The Kier molecular flexibility index (Phi) is 7.63. The predicted octanol–water partition coefficient (Wildman–Crippen LogP) is 4.71. The van der Waals surface area contributed by atoms with Crippen LogP contribution >= 0.6 is 0 Å². The smallest absolute Gasteiger partial charge is 0.129 e. The third kappa shape index (κ3) is 10.1. The molecule has 5 heteroatoms. The Hall–Kier alpha value is -1.06. The minimum atomic E-state index is -1.15. The zero-order valence-electron chi connectivity index (χ0n) is 12.1. The highest BCUT2D eigenvalue weighted by molar-refractivity contribution is 6.76. The largest absolute Gasteiger partial charge is 0.300 e. The fraction of sp³-hybridized carbons (Fsp3) is 0.769. The predicted molar refractivity (Wildman–Crippen MR) is 79.4 cm³/mol. The summed E-state index contributed by atoms with van der Waals surface area (Å²) in [6.07, 6.45) is 2.89. The van der Waals surface area contributed by atoms with Crippen LogP contribution in [0.4, 0.5) is 0 Å². The monoisotopic (exact) mass is 267 g/mol. The van der Waals surface area contributed by atoms with Gasteiger partial charge >= 0.3 is 0 Å². The fourth-order valence-corrected chi connectivity index (χ4v) is 3.66. The lowest BCUT2D eigenvalue weighted by molar-refractivity contribution is -0.117. The van der Waals surface area contributed by atoms with E-state index in [1.165, 1.54) is 5.57 Å². The molecule has 0 fully saturated rings. The molecule has 0 aliphatic carbocycles. The second-order valence-corrected chi connectivity index (χ2v) is 11.6. The maximum Gasteiger partial charge on any atom is 0.129 e. The first kappa shape index (κ1) is 16.9. The van der Waals surface area contributed by atoms with Gasteiger partial charge in [-0.25, -0.2) is 0 Å². The number of carbonyl (C=O) groups is 1. The first-order valence-corrected chi connectivity index (χ1v) is 10.2. The molecule has 0 aliphatic rings. The number of nitrogens with zero attached hydrogens (tertiary/aromatic N) is 3. The summed E-state index contributed by atoms with van der Waals surface area (Å²) in [5, 5.41) is 3.81. The van der Waals surface area contributed by atoms with Crippen LogP contribution in [-0.2, 0) is 4.79 Å². The van der Waals surface area contributed by atoms with Gasteiger partial charge in [0, 0.05) is 25.4 Å². The van der Waals surface area contributed by atoms with E-state index in [1.54, 1.807) is 6.92 Å². The van der Waals surface area contributed by atoms with Crippen molar-refractivity contribution >= 4 is 13.9 Å². The number of ketones is 1. The molecule has 0 N–H and O–H groups in total. The van der Waals surface area contributed by atoms with Crippen molar-refractivity contribution in [2.45, 2.75) is 64.3 Å². The Balaban J connectivity index is 4.22. The average Bonchev–Trinajstić information content (AvgIpc) is 2.13. The number of hydrogen-bond acceptors (Lipinski definition) is 2. The topological polar surface area (TPSA) is 65.8 Å². The van der Waals surface area contributed by atoms with E-state index in [0.29, 0.717) is 6.42 Å². The lowest BCUT2D eigenvalue weighted by Gasteiger charge is -2.19. The van der Waals surface area contributed by atoms with E-state index in [-0.39, 0.29) is 11.8 Å². The van der Waals surface area contributed by atoms with Gasteiger partial charge in [0.1, 0.15) is 5.78 Å². The molecule has 1 atom stereocenters. The molecule has 0 amide bonds. The van der Waals surface area contributed by atoms with Gasteiger partial charge in [-0.05, 0) is 37.8 Å². The van der Waals surface area contributed by atoms with E-state index in [1.807, 2.05) is 0 Å². The van der Waals surface area contributed by atoms with Crippen molar-refractivity contribution in [3.63, 3.8) is 0 Å². The number of azide groups is 1. The minimum absolute atomic E-state index is 0.0433. The Bertz CT molecular complexity index is 341. The van der Waals surface area contributed by atoms with E-state index < -0.39 is 8.07 Å². The molecule has 0 saturated heterocycles. The van der Waals surface area contributed by atoms with E-state index in [2.05, 4.69) is 36.2 Å².